The molecule has 16 heavy (non-hydrogen) atoms. The Balaban J connectivity index is 2.19. The van der Waals surface area contributed by atoms with Crippen LogP contribution in [0.5, 0.6) is 0 Å². The Morgan fingerprint density at radius 2 is 2.38 bits per heavy atom. The lowest BCUT2D eigenvalue weighted by Gasteiger charge is -2.28. The van der Waals surface area contributed by atoms with Crippen molar-refractivity contribution in [3.05, 3.63) is 35.5 Å². The minimum absolute atomic E-state index is 0.877. The number of anilines is 1. The van der Waals surface area contributed by atoms with Crippen molar-refractivity contribution in [2.75, 3.05) is 25.0 Å². The van der Waals surface area contributed by atoms with Gasteiger partial charge in [-0.1, -0.05) is 17.7 Å². The molecule has 1 aliphatic rings. The van der Waals surface area contributed by atoms with Crippen molar-refractivity contribution in [2.45, 2.75) is 19.9 Å². The van der Waals surface area contributed by atoms with Gasteiger partial charge in [0, 0.05) is 31.4 Å². The SMILES string of the molecule is CNCc1cccnc1N1CC=C(C)CC1. The van der Waals surface area contributed by atoms with E-state index in [2.05, 4.69) is 34.3 Å². The monoisotopic (exact) mass is 217 g/mol. The van der Waals surface area contributed by atoms with Gasteiger partial charge in [0.2, 0.25) is 0 Å². The van der Waals surface area contributed by atoms with Crippen LogP contribution in [-0.2, 0) is 6.54 Å². The van der Waals surface area contributed by atoms with Crippen LogP contribution in [-0.4, -0.2) is 25.1 Å². The Kier molecular flexibility index (Phi) is 3.57. The fourth-order valence-corrected chi connectivity index (χ4v) is 2.01. The molecule has 0 fully saturated rings. The van der Waals surface area contributed by atoms with E-state index in [-0.39, 0.29) is 0 Å². The third-order valence-corrected chi connectivity index (χ3v) is 2.97. The number of pyridine rings is 1. The van der Waals surface area contributed by atoms with E-state index < -0.39 is 0 Å². The summed E-state index contributed by atoms with van der Waals surface area (Å²) in [7, 11) is 1.97. The highest BCUT2D eigenvalue weighted by Gasteiger charge is 2.14. The van der Waals surface area contributed by atoms with E-state index >= 15 is 0 Å². The molecule has 2 heterocycles. The number of rotatable bonds is 3. The largest absolute Gasteiger partial charge is 0.352 e. The summed E-state index contributed by atoms with van der Waals surface area (Å²) in [6, 6.07) is 4.14. The van der Waals surface area contributed by atoms with Crippen LogP contribution in [0, 0.1) is 0 Å². The number of hydrogen-bond acceptors (Lipinski definition) is 3. The maximum atomic E-state index is 4.50. The molecule has 0 bridgehead atoms. The smallest absolute Gasteiger partial charge is 0.133 e. The van der Waals surface area contributed by atoms with Gasteiger partial charge in [0.25, 0.3) is 0 Å². The van der Waals surface area contributed by atoms with Crippen LogP contribution < -0.4 is 10.2 Å². The maximum Gasteiger partial charge on any atom is 0.133 e. The molecule has 0 spiro atoms. The molecule has 0 saturated heterocycles. The van der Waals surface area contributed by atoms with Gasteiger partial charge in [-0.25, -0.2) is 4.98 Å². The lowest BCUT2D eigenvalue weighted by molar-refractivity contribution is 0.751. The average molecular weight is 217 g/mol. The fourth-order valence-electron chi connectivity index (χ4n) is 2.01. The maximum absolute atomic E-state index is 4.50. The van der Waals surface area contributed by atoms with E-state index in [0.29, 0.717) is 0 Å². The minimum atomic E-state index is 0.877. The summed E-state index contributed by atoms with van der Waals surface area (Å²) in [6.45, 7) is 5.14. The second-order valence-electron chi connectivity index (χ2n) is 4.26. The van der Waals surface area contributed by atoms with Gasteiger partial charge in [-0.2, -0.15) is 0 Å². The first kappa shape index (κ1) is 11.1. The van der Waals surface area contributed by atoms with Crippen molar-refractivity contribution in [3.63, 3.8) is 0 Å². The van der Waals surface area contributed by atoms with Gasteiger partial charge in [0.1, 0.15) is 5.82 Å². The lowest BCUT2D eigenvalue weighted by Crippen LogP contribution is -2.30. The third-order valence-electron chi connectivity index (χ3n) is 2.97. The Morgan fingerprint density at radius 3 is 3.06 bits per heavy atom. The van der Waals surface area contributed by atoms with Crippen LogP contribution in [0.3, 0.4) is 0 Å². The molecule has 0 radical (unpaired) electrons. The quantitative estimate of drug-likeness (QED) is 0.784. The summed E-state index contributed by atoms with van der Waals surface area (Å²) in [6.07, 6.45) is 5.32. The summed E-state index contributed by atoms with van der Waals surface area (Å²) >= 11 is 0. The van der Waals surface area contributed by atoms with Gasteiger partial charge in [0.05, 0.1) is 0 Å². The molecule has 2 rings (SSSR count). The number of aromatic nitrogens is 1. The van der Waals surface area contributed by atoms with Crippen LogP contribution in [0.4, 0.5) is 5.82 Å². The Labute approximate surface area is 97.2 Å². The standard InChI is InChI=1S/C13H19N3/c1-11-5-8-16(9-6-11)13-12(10-14-2)4-3-7-15-13/h3-5,7,14H,6,8-10H2,1-2H3. The molecule has 86 valence electrons. The zero-order valence-electron chi connectivity index (χ0n) is 10.0. The molecule has 0 unspecified atom stereocenters. The van der Waals surface area contributed by atoms with Gasteiger partial charge >= 0.3 is 0 Å². The summed E-state index contributed by atoms with van der Waals surface area (Å²) in [5.41, 5.74) is 2.76. The normalized spacial score (nSPS) is 16.1. The molecular weight excluding hydrogens is 198 g/mol. The van der Waals surface area contributed by atoms with Crippen molar-refractivity contribution >= 4 is 5.82 Å². The predicted octanol–water partition coefficient (Wildman–Crippen LogP) is 1.96. The van der Waals surface area contributed by atoms with Crippen LogP contribution >= 0.6 is 0 Å². The summed E-state index contributed by atoms with van der Waals surface area (Å²) in [5, 5.41) is 3.19. The van der Waals surface area contributed by atoms with E-state index in [4.69, 9.17) is 0 Å². The molecule has 1 aromatic rings. The molecular formula is C13H19N3. The summed E-state index contributed by atoms with van der Waals surface area (Å²) in [4.78, 5) is 6.85. The first-order valence-electron chi connectivity index (χ1n) is 5.80. The van der Waals surface area contributed by atoms with Crippen molar-refractivity contribution < 1.29 is 0 Å². The fraction of sp³-hybridized carbons (Fsp3) is 0.462. The lowest BCUT2D eigenvalue weighted by atomic mass is 10.1. The first-order chi connectivity index (χ1) is 7.81. The van der Waals surface area contributed by atoms with E-state index in [9.17, 15) is 0 Å². The minimum Gasteiger partial charge on any atom is -0.352 e. The first-order valence-corrected chi connectivity index (χ1v) is 5.80. The van der Waals surface area contributed by atoms with Gasteiger partial charge in [-0.15, -0.1) is 0 Å². The molecule has 1 N–H and O–H groups in total. The highest BCUT2D eigenvalue weighted by atomic mass is 15.2. The Bertz CT molecular complexity index is 385. The van der Waals surface area contributed by atoms with Gasteiger partial charge < -0.3 is 10.2 Å². The summed E-state index contributed by atoms with van der Waals surface area (Å²) < 4.78 is 0. The van der Waals surface area contributed by atoms with E-state index in [1.807, 2.05) is 19.3 Å². The van der Waals surface area contributed by atoms with Crippen molar-refractivity contribution in [3.8, 4) is 0 Å². The zero-order valence-corrected chi connectivity index (χ0v) is 10.0. The van der Waals surface area contributed by atoms with Crippen molar-refractivity contribution in [1.82, 2.24) is 10.3 Å². The molecule has 3 nitrogen and oxygen atoms in total. The van der Waals surface area contributed by atoms with Gasteiger partial charge in [0.15, 0.2) is 0 Å². The van der Waals surface area contributed by atoms with Crippen molar-refractivity contribution in [1.29, 1.82) is 0 Å². The molecule has 0 amide bonds. The van der Waals surface area contributed by atoms with E-state index in [1.165, 1.54) is 11.1 Å². The highest BCUT2D eigenvalue weighted by molar-refractivity contribution is 5.48. The number of hydrogen-bond donors (Lipinski definition) is 1. The van der Waals surface area contributed by atoms with Gasteiger partial charge in [-0.05, 0) is 26.5 Å². The van der Waals surface area contributed by atoms with E-state index in [1.54, 1.807) is 0 Å². The molecule has 1 aliphatic heterocycles. The number of nitrogens with one attached hydrogen (secondary N) is 1. The summed E-state index contributed by atoms with van der Waals surface area (Å²) in [5.74, 6) is 1.13. The van der Waals surface area contributed by atoms with Gasteiger partial charge in [-0.3, -0.25) is 0 Å². The van der Waals surface area contributed by atoms with Crippen LogP contribution in [0.2, 0.25) is 0 Å². The zero-order chi connectivity index (χ0) is 11.4. The second kappa shape index (κ2) is 5.12. The third kappa shape index (κ3) is 2.42. The molecule has 0 aromatic carbocycles. The van der Waals surface area contributed by atoms with E-state index in [0.717, 1.165) is 31.9 Å². The molecule has 0 aliphatic carbocycles. The Morgan fingerprint density at radius 1 is 1.50 bits per heavy atom. The number of nitrogens with zero attached hydrogens (tertiary/aromatic N) is 2. The average Bonchev–Trinajstić information content (AvgIpc) is 2.32. The topological polar surface area (TPSA) is 28.2 Å². The highest BCUT2D eigenvalue weighted by Crippen LogP contribution is 2.21. The molecule has 0 saturated carbocycles. The molecule has 1 aromatic heterocycles. The molecule has 0 atom stereocenters. The second-order valence-corrected chi connectivity index (χ2v) is 4.26. The Hall–Kier alpha value is -1.35. The van der Waals surface area contributed by atoms with Crippen LogP contribution in [0.25, 0.3) is 0 Å². The molecule has 3 heteroatoms. The van der Waals surface area contributed by atoms with Crippen molar-refractivity contribution in [2.24, 2.45) is 0 Å². The predicted molar refractivity (Wildman–Crippen MR) is 67.6 cm³/mol. The van der Waals surface area contributed by atoms with Crippen LogP contribution in [0.1, 0.15) is 18.9 Å². The van der Waals surface area contributed by atoms with Crippen LogP contribution in [0.15, 0.2) is 30.0 Å².